The van der Waals surface area contributed by atoms with Crippen LogP contribution in [0.1, 0.15) is 65.5 Å². The summed E-state index contributed by atoms with van der Waals surface area (Å²) in [7, 11) is 0. The average molecular weight is 446 g/mol. The van der Waals surface area contributed by atoms with Crippen molar-refractivity contribution in [3.05, 3.63) is 82.2 Å². The Morgan fingerprint density at radius 3 is 2.18 bits per heavy atom. The van der Waals surface area contributed by atoms with Crippen molar-refractivity contribution < 1.29 is 4.65 Å². The quantitative estimate of drug-likeness (QED) is 0.396. The van der Waals surface area contributed by atoms with Gasteiger partial charge in [-0.25, -0.2) is 0 Å². The molecule has 1 saturated heterocycles. The lowest BCUT2D eigenvalue weighted by Gasteiger charge is -2.34. The molecule has 0 N–H and O–H groups in total. The molecule has 2 aliphatic carbocycles. The summed E-state index contributed by atoms with van der Waals surface area (Å²) in [6, 6.07) is 22.8. The Kier molecular flexibility index (Phi) is 4.65. The molecule has 6 rings (SSSR count). The Balaban J connectivity index is 1.58. The van der Waals surface area contributed by atoms with Gasteiger partial charge in [0.1, 0.15) is 0 Å². The van der Waals surface area contributed by atoms with Crippen LogP contribution in [0.4, 0.5) is 0 Å². The molecule has 0 spiro atoms. The van der Waals surface area contributed by atoms with E-state index in [2.05, 4.69) is 108 Å². The largest absolute Gasteiger partial charge is 0.426 e. The van der Waals surface area contributed by atoms with Crippen LogP contribution in [-0.4, -0.2) is 12.5 Å². The smallest absolute Gasteiger partial charge is 0.324 e. The van der Waals surface area contributed by atoms with Crippen molar-refractivity contribution in [2.45, 2.75) is 71.7 Å². The van der Waals surface area contributed by atoms with Gasteiger partial charge in [0, 0.05) is 5.41 Å². The van der Waals surface area contributed by atoms with Crippen molar-refractivity contribution in [1.82, 2.24) is 0 Å². The fraction of sp³-hybridized carbons (Fsp3) is 0.375. The maximum absolute atomic E-state index is 6.70. The molecule has 1 nitrogen and oxygen atoms in total. The molecule has 0 unspecified atom stereocenters. The number of fused-ring (bicyclic) bond motifs is 4. The van der Waals surface area contributed by atoms with Gasteiger partial charge in [0.25, 0.3) is 0 Å². The molecule has 0 amide bonds. The normalized spacial score (nSPS) is 21.0. The van der Waals surface area contributed by atoms with E-state index in [9.17, 15) is 0 Å². The highest BCUT2D eigenvalue weighted by Gasteiger charge is 2.50. The number of benzene rings is 3. The van der Waals surface area contributed by atoms with Crippen LogP contribution in [0.15, 0.2) is 60.7 Å². The van der Waals surface area contributed by atoms with Crippen molar-refractivity contribution in [3.8, 4) is 22.3 Å². The highest BCUT2D eigenvalue weighted by atomic mass is 16.5. The molecule has 3 aromatic rings. The number of hydrogen-bond acceptors (Lipinski definition) is 1. The Labute approximate surface area is 204 Å². The van der Waals surface area contributed by atoms with E-state index in [0.29, 0.717) is 0 Å². The standard InChI is InChI=1S/C32H35BO/c1-30(2)20-33(34-32(30,5)6)28-19-11-14-21-22(13-9-15-23(21)28)24-16-10-18-27-29(24)25-12-7-8-17-26(25)31(27,3)4/h7-10,12-18H,11,19-20H2,1-6H3. The van der Waals surface area contributed by atoms with E-state index in [1.807, 2.05) is 0 Å². The summed E-state index contributed by atoms with van der Waals surface area (Å²) in [6.45, 7) is 14.1. The van der Waals surface area contributed by atoms with Gasteiger partial charge in [0.15, 0.2) is 0 Å². The third kappa shape index (κ3) is 2.97. The summed E-state index contributed by atoms with van der Waals surface area (Å²) in [4.78, 5) is 0. The Morgan fingerprint density at radius 2 is 1.41 bits per heavy atom. The monoisotopic (exact) mass is 446 g/mol. The van der Waals surface area contributed by atoms with Crippen LogP contribution < -0.4 is 10.4 Å². The van der Waals surface area contributed by atoms with Crippen LogP contribution in [0.3, 0.4) is 0 Å². The van der Waals surface area contributed by atoms with Gasteiger partial charge in [0.2, 0.25) is 0 Å². The molecule has 2 heteroatoms. The fourth-order valence-electron chi connectivity index (χ4n) is 6.58. The molecule has 0 aromatic heterocycles. The van der Waals surface area contributed by atoms with Crippen LogP contribution in [-0.2, 0) is 10.1 Å². The first-order valence-electron chi connectivity index (χ1n) is 12.9. The summed E-state index contributed by atoms with van der Waals surface area (Å²) >= 11 is 0. The van der Waals surface area contributed by atoms with E-state index in [1.54, 1.807) is 0 Å². The zero-order valence-electron chi connectivity index (χ0n) is 21.5. The first kappa shape index (κ1) is 21.9. The molecule has 1 heterocycles. The SMILES string of the molecule is CC1(C)c2ccccc2-c2c(-c3cccc4c3=CCCC=4B3CC(C)(C)C(C)(C)O3)cccc21. The maximum atomic E-state index is 6.70. The Morgan fingerprint density at radius 1 is 0.735 bits per heavy atom. The summed E-state index contributed by atoms with van der Waals surface area (Å²) < 4.78 is 6.70. The Hall–Kier alpha value is -2.58. The van der Waals surface area contributed by atoms with Crippen LogP contribution in [0.5, 0.6) is 0 Å². The van der Waals surface area contributed by atoms with E-state index in [4.69, 9.17) is 4.65 Å². The van der Waals surface area contributed by atoms with E-state index < -0.39 is 0 Å². The van der Waals surface area contributed by atoms with Gasteiger partial charge < -0.3 is 4.65 Å². The van der Waals surface area contributed by atoms with Gasteiger partial charge in [-0.05, 0) is 82.2 Å². The molecule has 3 aliphatic rings. The molecule has 1 fully saturated rings. The van der Waals surface area contributed by atoms with Gasteiger partial charge in [-0.2, -0.15) is 0 Å². The second-order valence-corrected chi connectivity index (χ2v) is 12.1. The summed E-state index contributed by atoms with van der Waals surface area (Å²) in [5.74, 6) is 0. The number of rotatable bonds is 2. The van der Waals surface area contributed by atoms with Crippen molar-refractivity contribution in [3.63, 3.8) is 0 Å². The van der Waals surface area contributed by atoms with Crippen molar-refractivity contribution in [2.24, 2.45) is 5.41 Å². The van der Waals surface area contributed by atoms with Crippen LogP contribution >= 0.6 is 0 Å². The van der Waals surface area contributed by atoms with Crippen LogP contribution in [0.25, 0.3) is 33.8 Å². The first-order valence-corrected chi connectivity index (χ1v) is 12.9. The molecule has 3 aromatic carbocycles. The first-order chi connectivity index (χ1) is 16.1. The summed E-state index contributed by atoms with van der Waals surface area (Å²) in [5, 5.41) is 2.79. The van der Waals surface area contributed by atoms with Gasteiger partial charge in [0.05, 0.1) is 5.60 Å². The third-order valence-corrected chi connectivity index (χ3v) is 9.26. The maximum Gasteiger partial charge on any atom is 0.324 e. The van der Waals surface area contributed by atoms with Gasteiger partial charge in [-0.1, -0.05) is 99.9 Å². The topological polar surface area (TPSA) is 9.23 Å². The summed E-state index contributed by atoms with van der Waals surface area (Å²) in [6.07, 6.45) is 5.72. The van der Waals surface area contributed by atoms with Gasteiger partial charge in [-0.15, -0.1) is 0 Å². The second-order valence-electron chi connectivity index (χ2n) is 12.1. The molecule has 34 heavy (non-hydrogen) atoms. The average Bonchev–Trinajstić information content (AvgIpc) is 3.18. The minimum Gasteiger partial charge on any atom is -0.426 e. The van der Waals surface area contributed by atoms with Gasteiger partial charge >= 0.3 is 6.92 Å². The van der Waals surface area contributed by atoms with E-state index in [0.717, 1.165) is 19.2 Å². The minimum absolute atomic E-state index is 0.0205. The fourth-order valence-corrected chi connectivity index (χ4v) is 6.58. The second kappa shape index (κ2) is 7.21. The Bertz CT molecular complexity index is 1420. The van der Waals surface area contributed by atoms with E-state index >= 15 is 0 Å². The lowest BCUT2D eigenvalue weighted by atomic mass is 9.52. The number of hydrogen-bond donors (Lipinski definition) is 0. The lowest BCUT2D eigenvalue weighted by Crippen LogP contribution is -2.37. The predicted molar refractivity (Wildman–Crippen MR) is 145 cm³/mol. The van der Waals surface area contributed by atoms with E-state index in [-0.39, 0.29) is 23.3 Å². The molecule has 0 atom stereocenters. The lowest BCUT2D eigenvalue weighted by molar-refractivity contribution is 0.0375. The van der Waals surface area contributed by atoms with Gasteiger partial charge in [-0.3, -0.25) is 0 Å². The predicted octanol–water partition coefficient (Wildman–Crippen LogP) is 6.75. The van der Waals surface area contributed by atoms with Crippen molar-refractivity contribution in [1.29, 1.82) is 0 Å². The highest BCUT2D eigenvalue weighted by Crippen LogP contribution is 2.51. The molecular formula is C32H35BO. The molecule has 0 radical (unpaired) electrons. The van der Waals surface area contributed by atoms with Crippen molar-refractivity contribution in [2.75, 3.05) is 0 Å². The molecule has 172 valence electrons. The van der Waals surface area contributed by atoms with Crippen molar-refractivity contribution >= 4 is 18.5 Å². The van der Waals surface area contributed by atoms with Crippen LogP contribution in [0, 0.1) is 5.41 Å². The zero-order chi connectivity index (χ0) is 23.9. The minimum atomic E-state index is -0.112. The summed E-state index contributed by atoms with van der Waals surface area (Å²) in [5.41, 5.74) is 9.95. The molecule has 1 aliphatic heterocycles. The highest BCUT2D eigenvalue weighted by molar-refractivity contribution is 6.72. The molecular weight excluding hydrogens is 411 g/mol. The van der Waals surface area contributed by atoms with E-state index in [1.165, 1.54) is 49.3 Å². The third-order valence-electron chi connectivity index (χ3n) is 9.26. The zero-order valence-corrected chi connectivity index (χ0v) is 21.5. The van der Waals surface area contributed by atoms with Crippen LogP contribution in [0.2, 0.25) is 6.32 Å². The molecule has 0 bridgehead atoms. The molecule has 0 saturated carbocycles.